The molecule has 1 aliphatic rings. The summed E-state index contributed by atoms with van der Waals surface area (Å²) in [5, 5.41) is 7.91. The minimum absolute atomic E-state index is 0.394. The van der Waals surface area contributed by atoms with Gasteiger partial charge in [0.25, 0.3) is 0 Å². The predicted molar refractivity (Wildman–Crippen MR) is 31.3 cm³/mol. The SMILES string of the molecule is O=C(O)C1C=CNS1. The Morgan fingerprint density at radius 3 is 2.88 bits per heavy atom. The van der Waals surface area contributed by atoms with Gasteiger partial charge in [0.05, 0.1) is 0 Å². The number of hydrogen-bond donors (Lipinski definition) is 2. The summed E-state index contributed by atoms with van der Waals surface area (Å²) in [5.41, 5.74) is 0. The first-order chi connectivity index (χ1) is 3.80. The summed E-state index contributed by atoms with van der Waals surface area (Å²) in [7, 11) is 0. The molecule has 0 aromatic carbocycles. The molecule has 0 radical (unpaired) electrons. The smallest absolute Gasteiger partial charge is 0.322 e. The van der Waals surface area contributed by atoms with Gasteiger partial charge in [-0.05, 0) is 18.0 Å². The zero-order valence-corrected chi connectivity index (χ0v) is 4.81. The van der Waals surface area contributed by atoms with Gasteiger partial charge in [0.1, 0.15) is 5.25 Å². The summed E-state index contributed by atoms with van der Waals surface area (Å²) in [6.45, 7) is 0. The molecule has 0 amide bonds. The third kappa shape index (κ3) is 0.949. The molecule has 1 unspecified atom stereocenters. The minimum atomic E-state index is -0.795. The Morgan fingerprint density at radius 2 is 2.62 bits per heavy atom. The van der Waals surface area contributed by atoms with Gasteiger partial charge in [-0.15, -0.1) is 0 Å². The first-order valence-corrected chi connectivity index (χ1v) is 2.99. The maximum atomic E-state index is 10.1. The second-order valence-electron chi connectivity index (χ2n) is 1.35. The molecule has 1 rings (SSSR count). The van der Waals surface area contributed by atoms with Crippen LogP contribution < -0.4 is 4.72 Å². The third-order valence-corrected chi connectivity index (χ3v) is 1.66. The molecule has 0 saturated carbocycles. The lowest BCUT2D eigenvalue weighted by atomic mass is 10.4. The summed E-state index contributed by atoms with van der Waals surface area (Å²) in [5.74, 6) is -0.795. The zero-order chi connectivity index (χ0) is 5.98. The maximum absolute atomic E-state index is 10.1. The van der Waals surface area contributed by atoms with Crippen LogP contribution in [0.15, 0.2) is 12.3 Å². The Balaban J connectivity index is 2.48. The highest BCUT2D eigenvalue weighted by Crippen LogP contribution is 2.13. The molecule has 4 heteroatoms. The molecule has 44 valence electrons. The van der Waals surface area contributed by atoms with Crippen molar-refractivity contribution in [3.8, 4) is 0 Å². The topological polar surface area (TPSA) is 49.3 Å². The first-order valence-electron chi connectivity index (χ1n) is 2.11. The van der Waals surface area contributed by atoms with Crippen LogP contribution in [-0.4, -0.2) is 16.3 Å². The fourth-order valence-corrected chi connectivity index (χ4v) is 0.973. The van der Waals surface area contributed by atoms with Crippen LogP contribution in [0, 0.1) is 0 Å². The number of carboxylic acid groups (broad SMARTS) is 1. The van der Waals surface area contributed by atoms with Crippen LogP contribution in [-0.2, 0) is 4.79 Å². The molecule has 2 N–H and O–H groups in total. The van der Waals surface area contributed by atoms with Gasteiger partial charge >= 0.3 is 5.97 Å². The Kier molecular flexibility index (Phi) is 1.43. The average Bonchev–Trinajstić information content (AvgIpc) is 2.12. The van der Waals surface area contributed by atoms with Crippen molar-refractivity contribution in [2.24, 2.45) is 0 Å². The summed E-state index contributed by atoms with van der Waals surface area (Å²) in [6, 6.07) is 0. The molecule has 0 aliphatic carbocycles. The summed E-state index contributed by atoms with van der Waals surface area (Å²) in [4.78, 5) is 10.1. The standard InChI is InChI=1S/C4H5NO2S/c6-4(7)3-1-2-5-8-3/h1-3,5H,(H,6,7). The number of carboxylic acids is 1. The van der Waals surface area contributed by atoms with Gasteiger partial charge in [-0.3, -0.25) is 4.79 Å². The van der Waals surface area contributed by atoms with Crippen LogP contribution >= 0.6 is 11.9 Å². The van der Waals surface area contributed by atoms with Gasteiger partial charge in [-0.2, -0.15) is 0 Å². The van der Waals surface area contributed by atoms with Crippen molar-refractivity contribution in [1.29, 1.82) is 0 Å². The number of aliphatic carboxylic acids is 1. The quantitative estimate of drug-likeness (QED) is 0.499. The van der Waals surface area contributed by atoms with Crippen LogP contribution in [0.3, 0.4) is 0 Å². The van der Waals surface area contributed by atoms with Crippen molar-refractivity contribution >= 4 is 17.9 Å². The number of hydrogen-bond acceptors (Lipinski definition) is 3. The molecule has 1 atom stereocenters. The molecule has 0 aromatic rings. The monoisotopic (exact) mass is 131 g/mol. The number of rotatable bonds is 1. The molecule has 1 aliphatic heterocycles. The predicted octanol–water partition coefficient (Wildman–Crippen LogP) is 0.205. The van der Waals surface area contributed by atoms with E-state index in [2.05, 4.69) is 4.72 Å². The summed E-state index contributed by atoms with van der Waals surface area (Å²) < 4.78 is 2.71. The zero-order valence-electron chi connectivity index (χ0n) is 4.00. The summed E-state index contributed by atoms with van der Waals surface area (Å²) >= 11 is 1.19. The Labute approximate surface area is 50.9 Å². The first kappa shape index (κ1) is 5.50. The van der Waals surface area contributed by atoms with E-state index < -0.39 is 11.2 Å². The average molecular weight is 131 g/mol. The number of carbonyl (C=O) groups is 1. The van der Waals surface area contributed by atoms with Crippen LogP contribution in [0.4, 0.5) is 0 Å². The lowest BCUT2D eigenvalue weighted by Crippen LogP contribution is -2.11. The molecule has 0 saturated heterocycles. The van der Waals surface area contributed by atoms with Crippen molar-refractivity contribution in [2.45, 2.75) is 5.25 Å². The van der Waals surface area contributed by atoms with Crippen molar-refractivity contribution in [1.82, 2.24) is 4.72 Å². The lowest BCUT2D eigenvalue weighted by molar-refractivity contribution is -0.135. The van der Waals surface area contributed by atoms with E-state index in [-0.39, 0.29) is 0 Å². The molecule has 8 heavy (non-hydrogen) atoms. The van der Waals surface area contributed by atoms with Gasteiger partial charge in [-0.1, -0.05) is 0 Å². The van der Waals surface area contributed by atoms with Gasteiger partial charge in [0.15, 0.2) is 0 Å². The molecule has 0 aromatic heterocycles. The fourth-order valence-electron chi connectivity index (χ4n) is 0.411. The van der Waals surface area contributed by atoms with Crippen LogP contribution in [0.2, 0.25) is 0 Å². The number of nitrogens with one attached hydrogen (secondary N) is 1. The fraction of sp³-hybridized carbons (Fsp3) is 0.250. The molecule has 1 heterocycles. The van der Waals surface area contributed by atoms with Gasteiger partial charge < -0.3 is 9.83 Å². The van der Waals surface area contributed by atoms with Crippen molar-refractivity contribution in [2.75, 3.05) is 0 Å². The van der Waals surface area contributed by atoms with Gasteiger partial charge in [-0.25, -0.2) is 0 Å². The van der Waals surface area contributed by atoms with E-state index in [1.54, 1.807) is 12.3 Å². The molecule has 3 nitrogen and oxygen atoms in total. The maximum Gasteiger partial charge on any atom is 0.322 e. The van der Waals surface area contributed by atoms with Crippen molar-refractivity contribution in [3.63, 3.8) is 0 Å². The largest absolute Gasteiger partial charge is 0.480 e. The normalized spacial score (nSPS) is 25.2. The molecule has 0 fully saturated rings. The minimum Gasteiger partial charge on any atom is -0.480 e. The van der Waals surface area contributed by atoms with Gasteiger partial charge in [0, 0.05) is 6.20 Å². The molecule has 0 bridgehead atoms. The third-order valence-electron chi connectivity index (χ3n) is 0.777. The Hall–Kier alpha value is -0.640. The highest BCUT2D eigenvalue weighted by Gasteiger charge is 2.16. The van der Waals surface area contributed by atoms with Crippen LogP contribution in [0.25, 0.3) is 0 Å². The Bertz CT molecular complexity index is 134. The lowest BCUT2D eigenvalue weighted by Gasteiger charge is -1.95. The van der Waals surface area contributed by atoms with E-state index in [1.165, 1.54) is 11.9 Å². The van der Waals surface area contributed by atoms with Crippen molar-refractivity contribution in [3.05, 3.63) is 12.3 Å². The molecule has 0 spiro atoms. The molecular weight excluding hydrogens is 126 g/mol. The van der Waals surface area contributed by atoms with E-state index in [0.29, 0.717) is 0 Å². The molecular formula is C4H5NO2S. The second kappa shape index (κ2) is 2.09. The van der Waals surface area contributed by atoms with E-state index in [0.717, 1.165) is 0 Å². The summed E-state index contributed by atoms with van der Waals surface area (Å²) in [6.07, 6.45) is 3.23. The Morgan fingerprint density at radius 1 is 1.88 bits per heavy atom. The van der Waals surface area contributed by atoms with E-state index in [1.807, 2.05) is 0 Å². The highest BCUT2D eigenvalue weighted by atomic mass is 32.2. The van der Waals surface area contributed by atoms with E-state index in [4.69, 9.17) is 5.11 Å². The van der Waals surface area contributed by atoms with E-state index >= 15 is 0 Å². The van der Waals surface area contributed by atoms with E-state index in [9.17, 15) is 4.79 Å². The van der Waals surface area contributed by atoms with Crippen LogP contribution in [0.5, 0.6) is 0 Å². The van der Waals surface area contributed by atoms with Crippen molar-refractivity contribution < 1.29 is 9.90 Å². The highest BCUT2D eigenvalue weighted by molar-refractivity contribution is 7.99. The van der Waals surface area contributed by atoms with Crippen LogP contribution in [0.1, 0.15) is 0 Å². The second-order valence-corrected chi connectivity index (χ2v) is 2.33. The van der Waals surface area contributed by atoms with Gasteiger partial charge in [0.2, 0.25) is 0 Å².